The smallest absolute Gasteiger partial charge is 0.225 e. The number of carbonyl (C=O) groups excluding carboxylic acids is 1. The van der Waals surface area contributed by atoms with Crippen LogP contribution in [0.15, 0.2) is 4.99 Å². The Morgan fingerprint density at radius 3 is 2.30 bits per heavy atom. The lowest BCUT2D eigenvalue weighted by Crippen LogP contribution is -2.50. The third kappa shape index (κ3) is 7.49. The Balaban J connectivity index is 0.00000320. The van der Waals surface area contributed by atoms with Gasteiger partial charge >= 0.3 is 0 Å². The number of likely N-dealkylation sites (tertiary alicyclic amines) is 2. The molecule has 0 spiro atoms. The second-order valence-electron chi connectivity index (χ2n) is 8.40. The van der Waals surface area contributed by atoms with E-state index in [1.165, 1.54) is 12.8 Å². The number of nitrogens with zero attached hydrogens (tertiary/aromatic N) is 4. The van der Waals surface area contributed by atoms with Crippen molar-refractivity contribution in [2.45, 2.75) is 25.7 Å². The minimum Gasteiger partial charge on any atom is -0.383 e. The summed E-state index contributed by atoms with van der Waals surface area (Å²) >= 11 is 0. The monoisotopic (exact) mass is 537 g/mol. The summed E-state index contributed by atoms with van der Waals surface area (Å²) in [6.45, 7) is 9.78. The first-order valence-electron chi connectivity index (χ1n) is 11.2. The number of morpholine rings is 1. The zero-order chi connectivity index (χ0) is 20.5. The van der Waals surface area contributed by atoms with E-state index in [1.54, 1.807) is 7.11 Å². The SMILES string of the molecule is CN=C(NCC1CCN(CCOC)CC1)N1CCC(C(=O)N2CCOCC2)CC1.I. The van der Waals surface area contributed by atoms with Crippen molar-refractivity contribution < 1.29 is 14.3 Å². The average molecular weight is 537 g/mol. The Morgan fingerprint density at radius 1 is 1.03 bits per heavy atom. The fraction of sp³-hybridized carbons (Fsp3) is 0.905. The third-order valence-electron chi connectivity index (χ3n) is 6.55. The molecule has 174 valence electrons. The summed E-state index contributed by atoms with van der Waals surface area (Å²) < 4.78 is 10.6. The molecule has 30 heavy (non-hydrogen) atoms. The van der Waals surface area contributed by atoms with Gasteiger partial charge in [-0.15, -0.1) is 24.0 Å². The number of piperidine rings is 2. The third-order valence-corrected chi connectivity index (χ3v) is 6.55. The van der Waals surface area contributed by atoms with Crippen molar-refractivity contribution in [1.29, 1.82) is 0 Å². The van der Waals surface area contributed by atoms with E-state index in [-0.39, 0.29) is 29.9 Å². The van der Waals surface area contributed by atoms with Gasteiger partial charge in [0.05, 0.1) is 19.8 Å². The summed E-state index contributed by atoms with van der Waals surface area (Å²) in [6, 6.07) is 0. The molecule has 1 amide bonds. The summed E-state index contributed by atoms with van der Waals surface area (Å²) in [5.74, 6) is 2.16. The van der Waals surface area contributed by atoms with Crippen LogP contribution in [0.2, 0.25) is 0 Å². The lowest BCUT2D eigenvalue weighted by atomic mass is 9.95. The molecular weight excluding hydrogens is 497 g/mol. The van der Waals surface area contributed by atoms with Gasteiger partial charge in [0.25, 0.3) is 0 Å². The van der Waals surface area contributed by atoms with Gasteiger partial charge in [-0.3, -0.25) is 9.79 Å². The quantitative estimate of drug-likeness (QED) is 0.311. The van der Waals surface area contributed by atoms with Crippen LogP contribution in [-0.4, -0.2) is 113 Å². The van der Waals surface area contributed by atoms with Crippen molar-refractivity contribution in [3.63, 3.8) is 0 Å². The number of nitrogens with one attached hydrogen (secondary N) is 1. The number of amides is 1. The molecule has 0 aliphatic carbocycles. The van der Waals surface area contributed by atoms with Crippen LogP contribution in [0.3, 0.4) is 0 Å². The molecule has 3 saturated heterocycles. The summed E-state index contributed by atoms with van der Waals surface area (Å²) in [4.78, 5) is 24.0. The second kappa shape index (κ2) is 13.7. The fourth-order valence-electron chi connectivity index (χ4n) is 4.58. The van der Waals surface area contributed by atoms with Crippen LogP contribution in [0, 0.1) is 11.8 Å². The first-order chi connectivity index (χ1) is 14.2. The van der Waals surface area contributed by atoms with E-state index in [0.29, 0.717) is 25.0 Å². The van der Waals surface area contributed by atoms with E-state index in [4.69, 9.17) is 9.47 Å². The Morgan fingerprint density at radius 2 is 1.70 bits per heavy atom. The number of halogens is 1. The zero-order valence-electron chi connectivity index (χ0n) is 18.7. The summed E-state index contributed by atoms with van der Waals surface area (Å²) in [5.41, 5.74) is 0. The van der Waals surface area contributed by atoms with Gasteiger partial charge in [0.1, 0.15) is 0 Å². The highest BCUT2D eigenvalue weighted by molar-refractivity contribution is 14.0. The highest BCUT2D eigenvalue weighted by Gasteiger charge is 2.30. The van der Waals surface area contributed by atoms with E-state index < -0.39 is 0 Å². The molecule has 0 aromatic heterocycles. The molecule has 1 N–H and O–H groups in total. The summed E-state index contributed by atoms with van der Waals surface area (Å²) in [5, 5.41) is 3.60. The summed E-state index contributed by atoms with van der Waals surface area (Å²) in [6.07, 6.45) is 4.28. The van der Waals surface area contributed by atoms with E-state index >= 15 is 0 Å². The molecule has 0 bridgehead atoms. The maximum atomic E-state index is 12.7. The van der Waals surface area contributed by atoms with Crippen LogP contribution in [0.1, 0.15) is 25.7 Å². The number of carbonyl (C=O) groups is 1. The highest BCUT2D eigenvalue weighted by Crippen LogP contribution is 2.21. The molecule has 9 heteroatoms. The maximum absolute atomic E-state index is 12.7. The van der Waals surface area contributed by atoms with Crippen molar-refractivity contribution in [3.05, 3.63) is 0 Å². The van der Waals surface area contributed by atoms with Gasteiger partial charge in [-0.2, -0.15) is 0 Å². The predicted octanol–water partition coefficient (Wildman–Crippen LogP) is 1.11. The highest BCUT2D eigenvalue weighted by atomic mass is 127. The Bertz CT molecular complexity index is 529. The number of hydrogen-bond acceptors (Lipinski definition) is 5. The topological polar surface area (TPSA) is 69.6 Å². The van der Waals surface area contributed by atoms with Crippen LogP contribution >= 0.6 is 24.0 Å². The zero-order valence-corrected chi connectivity index (χ0v) is 21.0. The molecule has 0 unspecified atom stereocenters. The molecule has 3 heterocycles. The second-order valence-corrected chi connectivity index (χ2v) is 8.40. The lowest BCUT2D eigenvalue weighted by molar-refractivity contribution is -0.140. The minimum atomic E-state index is 0. The van der Waals surface area contributed by atoms with E-state index in [1.807, 2.05) is 11.9 Å². The normalized spacial score (nSPS) is 22.7. The molecule has 0 atom stereocenters. The number of hydrogen-bond donors (Lipinski definition) is 1. The van der Waals surface area contributed by atoms with E-state index in [0.717, 1.165) is 77.8 Å². The van der Waals surface area contributed by atoms with Crippen molar-refractivity contribution >= 4 is 35.8 Å². The van der Waals surface area contributed by atoms with Gasteiger partial charge in [-0.05, 0) is 44.7 Å². The van der Waals surface area contributed by atoms with Gasteiger partial charge in [0.2, 0.25) is 5.91 Å². The number of methoxy groups -OCH3 is 1. The first kappa shape index (κ1) is 25.6. The molecule has 0 radical (unpaired) electrons. The van der Waals surface area contributed by atoms with Crippen LogP contribution in [0.4, 0.5) is 0 Å². The number of guanidine groups is 1. The van der Waals surface area contributed by atoms with Crippen LogP contribution in [0.5, 0.6) is 0 Å². The molecule has 3 aliphatic rings. The molecule has 3 fully saturated rings. The molecular formula is C21H40IN5O3. The van der Waals surface area contributed by atoms with Gasteiger partial charge in [-0.1, -0.05) is 0 Å². The van der Waals surface area contributed by atoms with Gasteiger partial charge < -0.3 is 29.5 Å². The van der Waals surface area contributed by atoms with Crippen molar-refractivity contribution in [3.8, 4) is 0 Å². The first-order valence-corrected chi connectivity index (χ1v) is 11.2. The van der Waals surface area contributed by atoms with E-state index in [9.17, 15) is 4.79 Å². The maximum Gasteiger partial charge on any atom is 0.225 e. The van der Waals surface area contributed by atoms with Crippen molar-refractivity contribution in [2.24, 2.45) is 16.8 Å². The molecule has 0 aromatic carbocycles. The van der Waals surface area contributed by atoms with Crippen LogP contribution in [-0.2, 0) is 14.3 Å². The molecule has 0 saturated carbocycles. The number of rotatable bonds is 6. The lowest BCUT2D eigenvalue weighted by Gasteiger charge is -2.37. The molecule has 0 aromatic rings. The van der Waals surface area contributed by atoms with Crippen LogP contribution in [0.25, 0.3) is 0 Å². The predicted molar refractivity (Wildman–Crippen MR) is 130 cm³/mol. The number of ether oxygens (including phenoxy) is 2. The number of aliphatic imine (C=N–C) groups is 1. The molecule has 3 aliphatic heterocycles. The van der Waals surface area contributed by atoms with Gasteiger partial charge in [0, 0.05) is 59.3 Å². The minimum absolute atomic E-state index is 0. The van der Waals surface area contributed by atoms with E-state index in [2.05, 4.69) is 20.1 Å². The summed E-state index contributed by atoms with van der Waals surface area (Å²) in [7, 11) is 3.63. The fourth-order valence-corrected chi connectivity index (χ4v) is 4.58. The van der Waals surface area contributed by atoms with Crippen molar-refractivity contribution in [2.75, 3.05) is 86.3 Å². The van der Waals surface area contributed by atoms with Crippen LogP contribution < -0.4 is 5.32 Å². The van der Waals surface area contributed by atoms with Gasteiger partial charge in [-0.25, -0.2) is 0 Å². The Kier molecular flexibility index (Phi) is 11.7. The average Bonchev–Trinajstić information content (AvgIpc) is 2.79. The Hall–Kier alpha value is -0.650. The molecule has 3 rings (SSSR count). The molecule has 8 nitrogen and oxygen atoms in total. The largest absolute Gasteiger partial charge is 0.383 e. The Labute approximate surface area is 198 Å². The standard InChI is InChI=1S/C21H39N5O3.HI/c1-22-21(23-17-18-3-7-24(8-4-18)11-14-28-2)26-9-5-19(6-10-26)20(27)25-12-15-29-16-13-25;/h18-19H,3-17H2,1-2H3,(H,22,23);1H. The van der Waals surface area contributed by atoms with Crippen molar-refractivity contribution in [1.82, 2.24) is 20.0 Å². The van der Waals surface area contributed by atoms with Gasteiger partial charge in [0.15, 0.2) is 5.96 Å².